The van der Waals surface area contributed by atoms with E-state index in [0.29, 0.717) is 6.04 Å². The predicted octanol–water partition coefficient (Wildman–Crippen LogP) is 5.44. The highest BCUT2D eigenvalue weighted by atomic mass is 32.2. The van der Waals surface area contributed by atoms with Crippen molar-refractivity contribution in [3.8, 4) is 0 Å². The Morgan fingerprint density at radius 2 is 1.47 bits per heavy atom. The highest BCUT2D eigenvalue weighted by Gasteiger charge is 2.55. The SMILES string of the molecule is Cc1ccc(S(=O)(=O)N/N=C(\c2ccccc2)[C@H]2[C@@H](c3ccccc3)N2C2CCCCC2)cc1. The largest absolute Gasteiger partial charge is 0.281 e. The van der Waals surface area contributed by atoms with Gasteiger partial charge in [-0.3, -0.25) is 4.90 Å². The minimum absolute atomic E-state index is 0.0358. The van der Waals surface area contributed by atoms with Gasteiger partial charge in [0.15, 0.2) is 0 Å². The van der Waals surface area contributed by atoms with Crippen LogP contribution in [-0.4, -0.2) is 31.1 Å². The summed E-state index contributed by atoms with van der Waals surface area (Å²) in [6.45, 7) is 1.94. The number of hydrazone groups is 1. The zero-order valence-electron chi connectivity index (χ0n) is 19.5. The molecule has 2 fully saturated rings. The molecule has 1 aliphatic heterocycles. The number of nitrogens with one attached hydrogen (secondary N) is 1. The van der Waals surface area contributed by atoms with E-state index in [1.807, 2.05) is 43.3 Å². The lowest BCUT2D eigenvalue weighted by atomic mass is 9.95. The van der Waals surface area contributed by atoms with Crippen molar-refractivity contribution in [1.82, 2.24) is 9.73 Å². The molecule has 1 aliphatic carbocycles. The molecule has 5 rings (SSSR count). The molecule has 3 aromatic carbocycles. The lowest BCUT2D eigenvalue weighted by Crippen LogP contribution is -2.28. The number of nitrogens with zero attached hydrogens (tertiary/aromatic N) is 2. The Bertz CT molecular complexity index is 1240. The van der Waals surface area contributed by atoms with Crippen LogP contribution in [0.1, 0.15) is 54.8 Å². The van der Waals surface area contributed by atoms with Gasteiger partial charge in [-0.25, -0.2) is 0 Å². The van der Waals surface area contributed by atoms with Crippen molar-refractivity contribution in [1.29, 1.82) is 0 Å². The van der Waals surface area contributed by atoms with Crippen molar-refractivity contribution in [3.05, 3.63) is 102 Å². The summed E-state index contributed by atoms with van der Waals surface area (Å²) in [4.78, 5) is 5.30. The molecule has 3 aromatic rings. The minimum Gasteiger partial charge on any atom is -0.281 e. The Morgan fingerprint density at radius 3 is 2.12 bits per heavy atom. The van der Waals surface area contributed by atoms with Gasteiger partial charge in [-0.05, 0) is 43.0 Å². The van der Waals surface area contributed by atoms with Crippen LogP contribution in [0.4, 0.5) is 0 Å². The van der Waals surface area contributed by atoms with Gasteiger partial charge in [-0.2, -0.15) is 18.4 Å². The molecular weight excluding hydrogens is 442 g/mol. The number of aryl methyl sites for hydroxylation is 1. The first kappa shape index (κ1) is 22.8. The van der Waals surface area contributed by atoms with Crippen molar-refractivity contribution < 1.29 is 8.42 Å². The Kier molecular flexibility index (Phi) is 6.53. The van der Waals surface area contributed by atoms with Gasteiger partial charge in [0.2, 0.25) is 0 Å². The smallest absolute Gasteiger partial charge is 0.276 e. The van der Waals surface area contributed by atoms with Crippen LogP contribution in [0, 0.1) is 6.92 Å². The van der Waals surface area contributed by atoms with E-state index in [1.54, 1.807) is 24.3 Å². The van der Waals surface area contributed by atoms with Gasteiger partial charge in [0.25, 0.3) is 10.0 Å². The normalized spacial score (nSPS) is 23.4. The molecule has 0 aromatic heterocycles. The molecule has 1 saturated carbocycles. The van der Waals surface area contributed by atoms with Crippen molar-refractivity contribution in [3.63, 3.8) is 0 Å². The number of sulfonamides is 1. The fraction of sp³-hybridized carbons (Fsp3) is 0.321. The summed E-state index contributed by atoms with van der Waals surface area (Å²) in [7, 11) is -3.77. The molecule has 0 bridgehead atoms. The highest BCUT2D eigenvalue weighted by molar-refractivity contribution is 7.89. The Hall–Kier alpha value is -2.96. The van der Waals surface area contributed by atoms with Crippen LogP contribution < -0.4 is 4.83 Å². The number of hydrogen-bond acceptors (Lipinski definition) is 4. The molecule has 0 radical (unpaired) electrons. The molecule has 3 atom stereocenters. The summed E-state index contributed by atoms with van der Waals surface area (Å²) in [5.74, 6) is 0. The number of benzene rings is 3. The van der Waals surface area contributed by atoms with Crippen molar-refractivity contribution >= 4 is 15.7 Å². The van der Waals surface area contributed by atoms with Gasteiger partial charge in [-0.1, -0.05) is 97.6 Å². The van der Waals surface area contributed by atoms with Gasteiger partial charge < -0.3 is 0 Å². The summed E-state index contributed by atoms with van der Waals surface area (Å²) in [6, 6.07) is 28.0. The van der Waals surface area contributed by atoms with Gasteiger partial charge in [0, 0.05) is 6.04 Å². The lowest BCUT2D eigenvalue weighted by Gasteiger charge is -2.24. The van der Waals surface area contributed by atoms with Crippen LogP contribution in [0.2, 0.25) is 0 Å². The van der Waals surface area contributed by atoms with E-state index < -0.39 is 10.0 Å². The third-order valence-electron chi connectivity index (χ3n) is 6.96. The standard InChI is InChI=1S/C28H31N3O2S/c1-21-17-19-25(20-18-21)34(32,33)30-29-26(22-11-5-2-6-12-22)28-27(23-13-7-3-8-14-23)31(28)24-15-9-4-10-16-24/h2-3,5-8,11-14,17-20,24,27-28,30H,4,9-10,15-16H2,1H3/b29-26+/t27-,28+,31?/m1/s1. The maximum atomic E-state index is 13.0. The fourth-order valence-electron chi connectivity index (χ4n) is 5.17. The Labute approximate surface area is 202 Å². The van der Waals surface area contributed by atoms with E-state index in [0.717, 1.165) is 16.8 Å². The fourth-order valence-corrected chi connectivity index (χ4v) is 5.98. The van der Waals surface area contributed by atoms with Gasteiger partial charge in [0.1, 0.15) is 0 Å². The number of rotatable bonds is 7. The average Bonchev–Trinajstić information content (AvgIpc) is 3.61. The molecular formula is C28H31N3O2S. The number of hydrogen-bond donors (Lipinski definition) is 1. The first-order chi connectivity index (χ1) is 16.5. The van der Waals surface area contributed by atoms with Crippen molar-refractivity contribution in [2.45, 2.75) is 62.0 Å². The quantitative estimate of drug-likeness (QED) is 0.283. The maximum absolute atomic E-state index is 13.0. The summed E-state index contributed by atoms with van der Waals surface area (Å²) in [5.41, 5.74) is 3.98. The molecule has 2 aliphatic rings. The first-order valence-electron chi connectivity index (χ1n) is 12.1. The maximum Gasteiger partial charge on any atom is 0.276 e. The minimum atomic E-state index is -3.77. The summed E-state index contributed by atoms with van der Waals surface area (Å²) in [5, 5.41) is 4.58. The molecule has 1 unspecified atom stereocenters. The second kappa shape index (κ2) is 9.72. The van der Waals surface area contributed by atoms with E-state index in [9.17, 15) is 8.42 Å². The second-order valence-corrected chi connectivity index (χ2v) is 11.0. The zero-order chi connectivity index (χ0) is 23.5. The van der Waals surface area contributed by atoms with Crippen molar-refractivity contribution in [2.24, 2.45) is 5.10 Å². The predicted molar refractivity (Wildman–Crippen MR) is 136 cm³/mol. The zero-order valence-corrected chi connectivity index (χ0v) is 20.3. The molecule has 6 heteroatoms. The molecule has 5 nitrogen and oxygen atoms in total. The highest BCUT2D eigenvalue weighted by Crippen LogP contribution is 2.49. The summed E-state index contributed by atoms with van der Waals surface area (Å²) >= 11 is 0. The van der Waals surface area contributed by atoms with Crippen LogP contribution in [0.15, 0.2) is 94.9 Å². The van der Waals surface area contributed by atoms with Crippen LogP contribution in [0.25, 0.3) is 0 Å². The topological polar surface area (TPSA) is 61.5 Å². The molecule has 34 heavy (non-hydrogen) atoms. The summed E-state index contributed by atoms with van der Waals surface area (Å²) in [6.07, 6.45) is 6.13. The van der Waals surface area contributed by atoms with E-state index in [2.05, 4.69) is 39.1 Å². The first-order valence-corrected chi connectivity index (χ1v) is 13.6. The van der Waals surface area contributed by atoms with Gasteiger partial charge in [0.05, 0.1) is 22.7 Å². The molecule has 1 heterocycles. The lowest BCUT2D eigenvalue weighted by molar-refractivity contribution is 0.277. The van der Waals surface area contributed by atoms with E-state index in [1.165, 1.54) is 37.7 Å². The molecule has 0 spiro atoms. The van der Waals surface area contributed by atoms with Crippen LogP contribution in [0.5, 0.6) is 0 Å². The third kappa shape index (κ3) is 4.79. The van der Waals surface area contributed by atoms with Gasteiger partial charge in [-0.15, -0.1) is 0 Å². The summed E-state index contributed by atoms with van der Waals surface area (Å²) < 4.78 is 26.1. The second-order valence-electron chi connectivity index (χ2n) is 9.31. The van der Waals surface area contributed by atoms with E-state index >= 15 is 0 Å². The Balaban J connectivity index is 1.51. The Morgan fingerprint density at radius 1 is 0.853 bits per heavy atom. The van der Waals surface area contributed by atoms with Crippen molar-refractivity contribution in [2.75, 3.05) is 0 Å². The van der Waals surface area contributed by atoms with E-state index in [4.69, 9.17) is 0 Å². The molecule has 0 amide bonds. The monoisotopic (exact) mass is 473 g/mol. The van der Waals surface area contributed by atoms with Crippen LogP contribution in [-0.2, 0) is 10.0 Å². The van der Waals surface area contributed by atoms with E-state index in [-0.39, 0.29) is 17.0 Å². The molecule has 1 saturated heterocycles. The third-order valence-corrected chi connectivity index (χ3v) is 8.18. The average molecular weight is 474 g/mol. The molecule has 176 valence electrons. The van der Waals surface area contributed by atoms with Crippen LogP contribution in [0.3, 0.4) is 0 Å². The van der Waals surface area contributed by atoms with Crippen LogP contribution >= 0.6 is 0 Å². The molecule has 1 N–H and O–H groups in total. The van der Waals surface area contributed by atoms with Gasteiger partial charge >= 0.3 is 0 Å².